The molecule has 0 radical (unpaired) electrons. The Morgan fingerprint density at radius 3 is 2.72 bits per heavy atom. The van der Waals surface area contributed by atoms with Gasteiger partial charge in [0.2, 0.25) is 0 Å². The average Bonchev–Trinajstić information content (AvgIpc) is 2.69. The summed E-state index contributed by atoms with van der Waals surface area (Å²) in [5, 5.41) is 0. The van der Waals surface area contributed by atoms with Gasteiger partial charge >= 0.3 is 0 Å². The Bertz CT molecular complexity index is 660. The molecule has 0 saturated heterocycles. The summed E-state index contributed by atoms with van der Waals surface area (Å²) >= 11 is 9.90. The number of hydrogen-bond acceptors (Lipinski definition) is 3. The lowest BCUT2D eigenvalue weighted by Crippen LogP contribution is -2.30. The summed E-state index contributed by atoms with van der Waals surface area (Å²) in [5.41, 5.74) is 6.70. The highest BCUT2D eigenvalue weighted by molar-refractivity contribution is 9.11. The lowest BCUT2D eigenvalue weighted by molar-refractivity contribution is 0.737. The number of thiocarbonyl (C=S) groups is 1. The zero-order valence-electron chi connectivity index (χ0n) is 9.64. The van der Waals surface area contributed by atoms with Gasteiger partial charge in [0.1, 0.15) is 4.99 Å². The number of pyridine rings is 1. The van der Waals surface area contributed by atoms with Crippen LogP contribution in [0.15, 0.2) is 32.8 Å². The molecule has 0 saturated carbocycles. The van der Waals surface area contributed by atoms with Crippen molar-refractivity contribution >= 4 is 44.5 Å². The Balaban J connectivity index is 2.47. The maximum atomic E-state index is 12.2. The number of halogens is 1. The Hall–Kier alpha value is -0.980. The zero-order valence-corrected chi connectivity index (χ0v) is 12.9. The Morgan fingerprint density at radius 2 is 2.17 bits per heavy atom. The van der Waals surface area contributed by atoms with Crippen LogP contribution in [0.3, 0.4) is 0 Å². The quantitative estimate of drug-likeness (QED) is 0.872. The van der Waals surface area contributed by atoms with Crippen LogP contribution in [0, 0.1) is 6.92 Å². The van der Waals surface area contributed by atoms with E-state index >= 15 is 0 Å². The van der Waals surface area contributed by atoms with Crippen LogP contribution in [-0.2, 0) is 6.54 Å². The van der Waals surface area contributed by atoms with Crippen molar-refractivity contribution in [1.29, 1.82) is 0 Å². The van der Waals surface area contributed by atoms with Crippen LogP contribution >= 0.6 is 39.5 Å². The summed E-state index contributed by atoms with van der Waals surface area (Å²) in [4.78, 5) is 13.5. The van der Waals surface area contributed by atoms with E-state index in [1.54, 1.807) is 22.0 Å². The van der Waals surface area contributed by atoms with Gasteiger partial charge in [-0.3, -0.25) is 4.79 Å². The van der Waals surface area contributed by atoms with E-state index in [-0.39, 0.29) is 10.5 Å². The lowest BCUT2D eigenvalue weighted by atomic mass is 10.2. The van der Waals surface area contributed by atoms with Crippen molar-refractivity contribution in [3.63, 3.8) is 0 Å². The van der Waals surface area contributed by atoms with E-state index in [2.05, 4.69) is 15.9 Å². The molecule has 0 aliphatic rings. The molecule has 0 spiro atoms. The van der Waals surface area contributed by atoms with Gasteiger partial charge in [-0.25, -0.2) is 0 Å². The molecule has 2 rings (SSSR count). The molecule has 2 N–H and O–H groups in total. The monoisotopic (exact) mass is 342 g/mol. The molecular formula is C12H11BrN2OS2. The third-order valence-electron chi connectivity index (χ3n) is 2.60. The van der Waals surface area contributed by atoms with E-state index in [0.717, 1.165) is 14.4 Å². The van der Waals surface area contributed by atoms with Gasteiger partial charge < -0.3 is 10.3 Å². The van der Waals surface area contributed by atoms with Gasteiger partial charge in [0.05, 0.1) is 15.9 Å². The molecule has 0 aliphatic heterocycles. The molecule has 0 bridgehead atoms. The second-order valence-electron chi connectivity index (χ2n) is 3.85. The first kappa shape index (κ1) is 13.5. The largest absolute Gasteiger partial charge is 0.389 e. The molecule has 0 amide bonds. The molecule has 2 heterocycles. The maximum Gasteiger partial charge on any atom is 0.261 e. The average molecular weight is 343 g/mol. The number of hydrogen-bond donors (Lipinski definition) is 1. The molecular weight excluding hydrogens is 332 g/mol. The first-order valence-corrected chi connectivity index (χ1v) is 7.25. The van der Waals surface area contributed by atoms with Gasteiger partial charge in [-0.15, -0.1) is 11.3 Å². The molecule has 94 valence electrons. The van der Waals surface area contributed by atoms with Gasteiger partial charge in [0.25, 0.3) is 5.56 Å². The van der Waals surface area contributed by atoms with Crippen LogP contribution in [0.5, 0.6) is 0 Å². The van der Waals surface area contributed by atoms with Crippen molar-refractivity contribution in [2.24, 2.45) is 5.73 Å². The second kappa shape index (κ2) is 5.34. The molecule has 2 aromatic rings. The predicted octanol–water partition coefficient (Wildman–Crippen LogP) is 2.66. The van der Waals surface area contributed by atoms with Crippen molar-refractivity contribution in [3.8, 4) is 0 Å². The number of rotatable bonds is 3. The van der Waals surface area contributed by atoms with Gasteiger partial charge in [-0.05, 0) is 47.1 Å². The summed E-state index contributed by atoms with van der Waals surface area (Å²) in [6.45, 7) is 2.44. The van der Waals surface area contributed by atoms with E-state index in [1.165, 1.54) is 0 Å². The molecule has 0 aliphatic carbocycles. The number of nitrogens with two attached hydrogens (primary N) is 1. The molecule has 3 nitrogen and oxygen atoms in total. The highest BCUT2D eigenvalue weighted by Crippen LogP contribution is 2.22. The van der Waals surface area contributed by atoms with Gasteiger partial charge in [-0.2, -0.15) is 0 Å². The minimum absolute atomic E-state index is 0.132. The first-order valence-electron chi connectivity index (χ1n) is 5.23. The second-order valence-corrected chi connectivity index (χ2v) is 6.84. The highest BCUT2D eigenvalue weighted by Gasteiger charge is 2.09. The summed E-state index contributed by atoms with van der Waals surface area (Å²) in [7, 11) is 0. The van der Waals surface area contributed by atoms with Crippen LogP contribution < -0.4 is 11.3 Å². The summed E-state index contributed by atoms with van der Waals surface area (Å²) in [6, 6.07) is 7.51. The third kappa shape index (κ3) is 2.71. The standard InChI is InChI=1S/C12H11BrN2OS2/c1-7-2-4-9(11(14)17)12(16)15(7)6-8-3-5-10(13)18-8/h2-5H,6H2,1H3,(H2,14,17). The van der Waals surface area contributed by atoms with E-state index in [0.29, 0.717) is 12.1 Å². The molecule has 0 fully saturated rings. The van der Waals surface area contributed by atoms with Crippen LogP contribution in [0.1, 0.15) is 16.1 Å². The van der Waals surface area contributed by atoms with Gasteiger partial charge in [0, 0.05) is 10.6 Å². The van der Waals surface area contributed by atoms with Gasteiger partial charge in [-0.1, -0.05) is 12.2 Å². The van der Waals surface area contributed by atoms with Crippen LogP contribution in [0.25, 0.3) is 0 Å². The first-order chi connectivity index (χ1) is 8.49. The molecule has 0 atom stereocenters. The van der Waals surface area contributed by atoms with Gasteiger partial charge in [0.15, 0.2) is 0 Å². The molecule has 0 aromatic carbocycles. The highest BCUT2D eigenvalue weighted by atomic mass is 79.9. The molecule has 18 heavy (non-hydrogen) atoms. The SMILES string of the molecule is Cc1ccc(C(N)=S)c(=O)n1Cc1ccc(Br)s1. The topological polar surface area (TPSA) is 48.0 Å². The number of nitrogens with zero attached hydrogens (tertiary/aromatic N) is 1. The van der Waals surface area contributed by atoms with Crippen molar-refractivity contribution in [2.75, 3.05) is 0 Å². The summed E-state index contributed by atoms with van der Waals surface area (Å²) in [6.07, 6.45) is 0. The van der Waals surface area contributed by atoms with Crippen LogP contribution in [0.4, 0.5) is 0 Å². The van der Waals surface area contributed by atoms with Crippen LogP contribution in [0.2, 0.25) is 0 Å². The fourth-order valence-electron chi connectivity index (χ4n) is 1.65. The summed E-state index contributed by atoms with van der Waals surface area (Å²) < 4.78 is 2.74. The number of aromatic nitrogens is 1. The molecule has 6 heteroatoms. The summed E-state index contributed by atoms with van der Waals surface area (Å²) in [5.74, 6) is 0. The van der Waals surface area contributed by atoms with E-state index in [4.69, 9.17) is 18.0 Å². The third-order valence-corrected chi connectivity index (χ3v) is 4.43. The maximum absolute atomic E-state index is 12.2. The van der Waals surface area contributed by atoms with E-state index in [9.17, 15) is 4.79 Å². The Labute approximate surface area is 122 Å². The fourth-order valence-corrected chi connectivity index (χ4v) is 3.27. The van der Waals surface area contributed by atoms with Crippen molar-refractivity contribution in [1.82, 2.24) is 4.57 Å². The van der Waals surface area contributed by atoms with E-state index < -0.39 is 0 Å². The minimum Gasteiger partial charge on any atom is -0.389 e. The lowest BCUT2D eigenvalue weighted by Gasteiger charge is -2.10. The molecule has 0 unspecified atom stereocenters. The van der Waals surface area contributed by atoms with Crippen molar-refractivity contribution in [3.05, 3.63) is 54.5 Å². The Kier molecular flexibility index (Phi) is 3.99. The van der Waals surface area contributed by atoms with Crippen molar-refractivity contribution < 1.29 is 0 Å². The van der Waals surface area contributed by atoms with E-state index in [1.807, 2.05) is 25.1 Å². The normalized spacial score (nSPS) is 10.6. The smallest absolute Gasteiger partial charge is 0.261 e. The fraction of sp³-hybridized carbons (Fsp3) is 0.167. The minimum atomic E-state index is -0.132. The number of aryl methyl sites for hydroxylation is 1. The predicted molar refractivity (Wildman–Crippen MR) is 82.4 cm³/mol. The zero-order chi connectivity index (χ0) is 13.3. The van der Waals surface area contributed by atoms with Crippen LogP contribution in [-0.4, -0.2) is 9.56 Å². The molecule has 2 aromatic heterocycles. The van der Waals surface area contributed by atoms with Crippen molar-refractivity contribution in [2.45, 2.75) is 13.5 Å². The number of thiophene rings is 1. The Morgan fingerprint density at radius 1 is 1.44 bits per heavy atom.